The highest BCUT2D eigenvalue weighted by atomic mass is 32.2. The number of nitriles is 1. The van der Waals surface area contributed by atoms with Crippen molar-refractivity contribution in [3.05, 3.63) is 29.8 Å². The first kappa shape index (κ1) is 14.5. The van der Waals surface area contributed by atoms with Gasteiger partial charge in [-0.3, -0.25) is 5.32 Å². The minimum absolute atomic E-state index is 0.0269. The fraction of sp³-hybridized carbons (Fsp3) is 0.100. The van der Waals surface area contributed by atoms with Gasteiger partial charge in [-0.2, -0.15) is 5.26 Å². The van der Waals surface area contributed by atoms with Crippen molar-refractivity contribution < 1.29 is 13.2 Å². The van der Waals surface area contributed by atoms with Crippen molar-refractivity contribution in [1.82, 2.24) is 10.0 Å². The average Bonchev–Trinajstić information content (AvgIpc) is 2.28. The topological polar surface area (TPSA) is 137 Å². The van der Waals surface area contributed by atoms with Crippen molar-refractivity contribution in [3.63, 3.8) is 0 Å². The predicted molar refractivity (Wildman–Crippen MR) is 67.3 cm³/mol. The average molecular weight is 281 g/mol. The van der Waals surface area contributed by atoms with Gasteiger partial charge in [-0.15, -0.1) is 4.99 Å². The molecule has 0 aliphatic carbocycles. The standard InChI is InChI=1S/C10H11N5O3S/c1-7-4-2-3-5-8(7)19(17,18)15-10(16)14-9(12)13-6-11/h2-5H,1H3,(H4,12,13,14,15,16). The molecule has 1 aromatic carbocycles. The molecule has 8 nitrogen and oxygen atoms in total. The van der Waals surface area contributed by atoms with Crippen molar-refractivity contribution in [2.24, 2.45) is 10.7 Å². The second-order valence-electron chi connectivity index (χ2n) is 3.42. The van der Waals surface area contributed by atoms with Crippen LogP contribution in [0.25, 0.3) is 0 Å². The number of aliphatic imine (C=N–C) groups is 1. The van der Waals surface area contributed by atoms with Crippen LogP contribution in [0.5, 0.6) is 0 Å². The van der Waals surface area contributed by atoms with Crippen LogP contribution in [0, 0.1) is 18.4 Å². The Kier molecular flexibility index (Phi) is 4.44. The molecule has 0 radical (unpaired) electrons. The number of nitrogens with zero attached hydrogens (tertiary/aromatic N) is 2. The van der Waals surface area contributed by atoms with Crippen molar-refractivity contribution >= 4 is 22.0 Å². The van der Waals surface area contributed by atoms with E-state index in [1.807, 2.05) is 5.32 Å². The first-order valence-corrected chi connectivity index (χ1v) is 6.47. The largest absolute Gasteiger partial charge is 0.369 e. The molecule has 0 aromatic heterocycles. The number of carbonyl (C=O) groups is 1. The van der Waals surface area contributed by atoms with Gasteiger partial charge in [0.25, 0.3) is 10.0 Å². The first-order valence-electron chi connectivity index (χ1n) is 4.98. The molecular formula is C10H11N5O3S. The number of carbonyl (C=O) groups excluding carboxylic acids is 1. The van der Waals surface area contributed by atoms with Crippen LogP contribution in [0.15, 0.2) is 34.2 Å². The Balaban J connectivity index is 2.88. The van der Waals surface area contributed by atoms with Gasteiger partial charge in [-0.25, -0.2) is 17.9 Å². The summed E-state index contributed by atoms with van der Waals surface area (Å²) in [5.41, 5.74) is 5.62. The van der Waals surface area contributed by atoms with Gasteiger partial charge in [-0.1, -0.05) is 18.2 Å². The fourth-order valence-electron chi connectivity index (χ4n) is 1.26. The van der Waals surface area contributed by atoms with Crippen molar-refractivity contribution in [2.45, 2.75) is 11.8 Å². The van der Waals surface area contributed by atoms with Gasteiger partial charge in [-0.05, 0) is 18.6 Å². The van der Waals surface area contributed by atoms with Gasteiger partial charge in [0.1, 0.15) is 0 Å². The summed E-state index contributed by atoms with van der Waals surface area (Å²) in [5.74, 6) is -0.500. The van der Waals surface area contributed by atoms with Crippen LogP contribution >= 0.6 is 0 Å². The molecular weight excluding hydrogens is 270 g/mol. The summed E-state index contributed by atoms with van der Waals surface area (Å²) in [4.78, 5) is 14.3. The molecule has 4 N–H and O–H groups in total. The maximum Gasteiger partial charge on any atom is 0.335 e. The molecule has 100 valence electrons. The number of guanidine groups is 1. The molecule has 0 fully saturated rings. The predicted octanol–water partition coefficient (Wildman–Crippen LogP) is -0.221. The summed E-state index contributed by atoms with van der Waals surface area (Å²) in [6, 6.07) is 5.06. The summed E-state index contributed by atoms with van der Waals surface area (Å²) in [7, 11) is -4.01. The molecule has 0 aliphatic rings. The lowest BCUT2D eigenvalue weighted by Gasteiger charge is -2.09. The Morgan fingerprint density at radius 2 is 2.05 bits per heavy atom. The summed E-state index contributed by atoms with van der Waals surface area (Å²) in [5, 5.41) is 10.1. The quantitative estimate of drug-likeness (QED) is 0.391. The minimum Gasteiger partial charge on any atom is -0.369 e. The first-order chi connectivity index (χ1) is 8.86. The Labute approximate surface area is 110 Å². The van der Waals surface area contributed by atoms with Crippen molar-refractivity contribution in [3.8, 4) is 6.19 Å². The molecule has 2 amide bonds. The highest BCUT2D eigenvalue weighted by Gasteiger charge is 2.19. The smallest absolute Gasteiger partial charge is 0.335 e. The molecule has 0 atom stereocenters. The molecule has 19 heavy (non-hydrogen) atoms. The number of benzene rings is 1. The van der Waals surface area contributed by atoms with E-state index in [1.165, 1.54) is 18.3 Å². The maximum absolute atomic E-state index is 11.9. The van der Waals surface area contributed by atoms with E-state index in [0.29, 0.717) is 5.56 Å². The van der Waals surface area contributed by atoms with Gasteiger partial charge >= 0.3 is 6.03 Å². The molecule has 0 heterocycles. The fourth-order valence-corrected chi connectivity index (χ4v) is 2.41. The second kappa shape index (κ2) is 5.83. The van der Waals surface area contributed by atoms with E-state index in [0.717, 1.165) is 0 Å². The third-order valence-corrected chi connectivity index (χ3v) is 3.51. The van der Waals surface area contributed by atoms with E-state index in [9.17, 15) is 13.2 Å². The number of hydrogen-bond acceptors (Lipinski definition) is 5. The number of urea groups is 1. The zero-order valence-corrected chi connectivity index (χ0v) is 10.7. The Morgan fingerprint density at radius 1 is 1.42 bits per heavy atom. The highest BCUT2D eigenvalue weighted by Crippen LogP contribution is 2.13. The number of sulfonamides is 1. The maximum atomic E-state index is 11.9. The third kappa shape index (κ3) is 3.97. The third-order valence-electron chi connectivity index (χ3n) is 2.02. The number of nitrogens with one attached hydrogen (secondary N) is 2. The summed E-state index contributed by atoms with van der Waals surface area (Å²) in [6.45, 7) is 1.60. The second-order valence-corrected chi connectivity index (χ2v) is 5.07. The Morgan fingerprint density at radius 3 is 2.63 bits per heavy atom. The van der Waals surface area contributed by atoms with Gasteiger partial charge in [0.05, 0.1) is 4.90 Å². The van der Waals surface area contributed by atoms with Crippen molar-refractivity contribution in [1.29, 1.82) is 5.26 Å². The van der Waals surface area contributed by atoms with Gasteiger partial charge in [0.15, 0.2) is 0 Å². The van der Waals surface area contributed by atoms with Crippen LogP contribution in [-0.2, 0) is 10.0 Å². The molecule has 9 heteroatoms. The summed E-state index contributed by atoms with van der Waals surface area (Å²) < 4.78 is 25.5. The summed E-state index contributed by atoms with van der Waals surface area (Å²) in [6.07, 6.45) is 1.35. The lowest BCUT2D eigenvalue weighted by molar-refractivity contribution is 0.250. The molecule has 0 bridgehead atoms. The van der Waals surface area contributed by atoms with E-state index in [-0.39, 0.29) is 4.90 Å². The van der Waals surface area contributed by atoms with Gasteiger partial charge < -0.3 is 5.73 Å². The molecule has 0 spiro atoms. The number of aryl methyl sites for hydroxylation is 1. The number of rotatable bonds is 2. The number of nitrogens with two attached hydrogens (primary N) is 1. The Hall–Kier alpha value is -2.60. The van der Waals surface area contributed by atoms with Crippen LogP contribution < -0.4 is 15.8 Å². The van der Waals surface area contributed by atoms with Gasteiger partial charge in [0, 0.05) is 0 Å². The van der Waals surface area contributed by atoms with Crippen LogP contribution in [0.2, 0.25) is 0 Å². The number of hydrogen-bond donors (Lipinski definition) is 3. The highest BCUT2D eigenvalue weighted by molar-refractivity contribution is 7.90. The molecule has 1 rings (SSSR count). The lowest BCUT2D eigenvalue weighted by atomic mass is 10.2. The van der Waals surface area contributed by atoms with Crippen LogP contribution in [-0.4, -0.2) is 20.4 Å². The zero-order valence-electron chi connectivity index (χ0n) is 9.91. The molecule has 0 saturated carbocycles. The normalized spacial score (nSPS) is 11.5. The van der Waals surface area contributed by atoms with E-state index >= 15 is 0 Å². The molecule has 1 aromatic rings. The lowest BCUT2D eigenvalue weighted by Crippen LogP contribution is -2.45. The van der Waals surface area contributed by atoms with Crippen LogP contribution in [0.4, 0.5) is 4.79 Å². The Bertz CT molecular complexity index is 660. The van der Waals surface area contributed by atoms with E-state index < -0.39 is 22.0 Å². The van der Waals surface area contributed by atoms with E-state index in [4.69, 9.17) is 11.0 Å². The molecule has 0 aliphatic heterocycles. The van der Waals surface area contributed by atoms with Gasteiger partial charge in [0.2, 0.25) is 12.2 Å². The summed E-state index contributed by atoms with van der Waals surface area (Å²) >= 11 is 0. The monoisotopic (exact) mass is 281 g/mol. The van der Waals surface area contributed by atoms with Crippen molar-refractivity contribution in [2.75, 3.05) is 0 Å². The number of amides is 2. The SMILES string of the molecule is Cc1ccccc1S(=O)(=O)NC(=O)NC(N)=NC#N. The minimum atomic E-state index is -4.01. The van der Waals surface area contributed by atoms with Crippen LogP contribution in [0.3, 0.4) is 0 Å². The van der Waals surface area contributed by atoms with E-state index in [1.54, 1.807) is 23.8 Å². The van der Waals surface area contributed by atoms with Crippen LogP contribution in [0.1, 0.15) is 5.56 Å². The molecule has 0 saturated heterocycles. The van der Waals surface area contributed by atoms with E-state index in [2.05, 4.69) is 4.99 Å². The molecule has 0 unspecified atom stereocenters. The zero-order chi connectivity index (χ0) is 14.5.